The first kappa shape index (κ1) is 18.0. The molecule has 0 amide bonds. The summed E-state index contributed by atoms with van der Waals surface area (Å²) in [5, 5.41) is 11.4. The number of alkyl halides is 1. The molecule has 0 aliphatic carbocycles. The topological polar surface area (TPSA) is 95.2 Å². The van der Waals surface area contributed by atoms with Crippen molar-refractivity contribution in [1.29, 1.82) is 0 Å². The van der Waals surface area contributed by atoms with Crippen LogP contribution in [0.4, 0.5) is 16.2 Å². The van der Waals surface area contributed by atoms with Crippen LogP contribution in [-0.2, 0) is 6.67 Å². The van der Waals surface area contributed by atoms with Gasteiger partial charge in [-0.2, -0.15) is 5.10 Å². The van der Waals surface area contributed by atoms with E-state index in [0.29, 0.717) is 40.0 Å². The molecule has 3 heterocycles. The summed E-state index contributed by atoms with van der Waals surface area (Å²) in [7, 11) is 0. The standard InChI is InChI=1S/C22H18FN7/c1-13-11-24-20(26-13)17-12-25-22(27-19(17)15-7-3-2-6-14(15)10-23)28-21-16-8-4-5-9-18(16)29-30-21/h2-9,11-12H,10H2,1H3,(H,24,26)(H2,25,27,28,29,30). The van der Waals surface area contributed by atoms with Crippen molar-refractivity contribution in [3.8, 4) is 22.6 Å². The van der Waals surface area contributed by atoms with E-state index >= 15 is 0 Å². The maximum atomic E-state index is 13.7. The first-order chi connectivity index (χ1) is 14.7. The summed E-state index contributed by atoms with van der Waals surface area (Å²) < 4.78 is 13.7. The Morgan fingerprint density at radius 2 is 1.80 bits per heavy atom. The second kappa shape index (κ2) is 7.40. The lowest BCUT2D eigenvalue weighted by molar-refractivity contribution is 0.486. The molecule has 0 aliphatic heterocycles. The molecular weight excluding hydrogens is 381 g/mol. The van der Waals surface area contributed by atoms with Crippen LogP contribution < -0.4 is 5.32 Å². The fourth-order valence-corrected chi connectivity index (χ4v) is 3.40. The largest absolute Gasteiger partial charge is 0.342 e. The van der Waals surface area contributed by atoms with Crippen molar-refractivity contribution >= 4 is 22.7 Å². The average molecular weight is 399 g/mol. The summed E-state index contributed by atoms with van der Waals surface area (Å²) in [6.07, 6.45) is 3.43. The number of imidazole rings is 1. The van der Waals surface area contributed by atoms with Gasteiger partial charge in [0, 0.05) is 29.0 Å². The van der Waals surface area contributed by atoms with Crippen LogP contribution in [0.15, 0.2) is 60.9 Å². The molecule has 3 N–H and O–H groups in total. The van der Waals surface area contributed by atoms with E-state index in [1.807, 2.05) is 49.4 Å². The number of rotatable bonds is 5. The smallest absolute Gasteiger partial charge is 0.229 e. The minimum atomic E-state index is -0.594. The Labute approximate surface area is 171 Å². The van der Waals surface area contributed by atoms with Gasteiger partial charge < -0.3 is 10.3 Å². The number of fused-ring (bicyclic) bond motifs is 1. The molecule has 0 radical (unpaired) electrons. The van der Waals surface area contributed by atoms with Crippen molar-refractivity contribution in [1.82, 2.24) is 30.1 Å². The maximum absolute atomic E-state index is 13.7. The van der Waals surface area contributed by atoms with Gasteiger partial charge in [0.05, 0.1) is 16.8 Å². The quantitative estimate of drug-likeness (QED) is 0.389. The fourth-order valence-electron chi connectivity index (χ4n) is 3.40. The van der Waals surface area contributed by atoms with E-state index in [4.69, 9.17) is 4.98 Å². The number of aryl methyl sites for hydroxylation is 1. The molecule has 0 unspecified atom stereocenters. The van der Waals surface area contributed by atoms with Crippen LogP contribution in [0, 0.1) is 6.92 Å². The minimum Gasteiger partial charge on any atom is -0.342 e. The number of benzene rings is 2. The van der Waals surface area contributed by atoms with Crippen molar-refractivity contribution < 1.29 is 4.39 Å². The molecule has 0 atom stereocenters. The average Bonchev–Trinajstić information content (AvgIpc) is 3.40. The van der Waals surface area contributed by atoms with Crippen molar-refractivity contribution in [2.24, 2.45) is 0 Å². The number of hydrogen-bond acceptors (Lipinski definition) is 5. The third kappa shape index (κ3) is 3.18. The molecule has 5 rings (SSSR count). The van der Waals surface area contributed by atoms with Crippen molar-refractivity contribution in [2.45, 2.75) is 13.6 Å². The number of para-hydroxylation sites is 1. The lowest BCUT2D eigenvalue weighted by atomic mass is 10.0. The summed E-state index contributed by atoms with van der Waals surface area (Å²) >= 11 is 0. The van der Waals surface area contributed by atoms with Gasteiger partial charge in [-0.1, -0.05) is 36.4 Å². The summed E-state index contributed by atoms with van der Waals surface area (Å²) in [5.74, 6) is 1.62. The van der Waals surface area contributed by atoms with Crippen LogP contribution in [0.25, 0.3) is 33.5 Å². The number of aromatic nitrogens is 6. The Kier molecular flexibility index (Phi) is 4.44. The van der Waals surface area contributed by atoms with Crippen molar-refractivity contribution in [2.75, 3.05) is 5.32 Å². The summed E-state index contributed by atoms with van der Waals surface area (Å²) in [6.45, 7) is 1.33. The number of halogens is 1. The monoisotopic (exact) mass is 399 g/mol. The van der Waals surface area contributed by atoms with E-state index < -0.39 is 6.67 Å². The Balaban J connectivity index is 1.64. The highest BCUT2D eigenvalue weighted by atomic mass is 19.1. The van der Waals surface area contributed by atoms with Gasteiger partial charge in [0.2, 0.25) is 5.95 Å². The van der Waals surface area contributed by atoms with Crippen molar-refractivity contribution in [3.63, 3.8) is 0 Å². The Bertz CT molecular complexity index is 1340. The first-order valence-corrected chi connectivity index (χ1v) is 9.46. The predicted octanol–water partition coefficient (Wildman–Crippen LogP) is 4.93. The van der Waals surface area contributed by atoms with Crippen molar-refractivity contribution in [3.05, 3.63) is 72.2 Å². The van der Waals surface area contributed by atoms with Crippen LogP contribution in [0.1, 0.15) is 11.3 Å². The van der Waals surface area contributed by atoms with Crippen LogP contribution in [0.2, 0.25) is 0 Å². The lowest BCUT2D eigenvalue weighted by Gasteiger charge is -2.12. The number of anilines is 2. The number of aromatic amines is 2. The highest BCUT2D eigenvalue weighted by Gasteiger charge is 2.17. The van der Waals surface area contributed by atoms with Gasteiger partial charge in [0.25, 0.3) is 0 Å². The Morgan fingerprint density at radius 1 is 0.967 bits per heavy atom. The van der Waals surface area contributed by atoms with Gasteiger partial charge >= 0.3 is 0 Å². The Morgan fingerprint density at radius 3 is 2.63 bits per heavy atom. The van der Waals surface area contributed by atoms with E-state index in [-0.39, 0.29) is 0 Å². The highest BCUT2D eigenvalue weighted by Crippen LogP contribution is 2.32. The third-order valence-electron chi connectivity index (χ3n) is 4.86. The molecule has 0 aliphatic rings. The SMILES string of the molecule is Cc1cnc(-c2cnc(Nc3n[nH]c4ccccc34)nc2-c2ccccc2CF)[nH]1. The number of H-pyrrole nitrogens is 2. The summed E-state index contributed by atoms with van der Waals surface area (Å²) in [4.78, 5) is 16.8. The minimum absolute atomic E-state index is 0.364. The summed E-state index contributed by atoms with van der Waals surface area (Å²) in [5.41, 5.74) is 4.36. The van der Waals surface area contributed by atoms with E-state index in [9.17, 15) is 4.39 Å². The van der Waals surface area contributed by atoms with E-state index in [2.05, 4.69) is 30.5 Å². The molecule has 0 saturated heterocycles. The second-order valence-corrected chi connectivity index (χ2v) is 6.90. The first-order valence-electron chi connectivity index (χ1n) is 9.46. The molecule has 30 heavy (non-hydrogen) atoms. The van der Waals surface area contributed by atoms with Gasteiger partial charge in [-0.15, -0.1) is 0 Å². The molecule has 5 aromatic rings. The molecule has 0 saturated carbocycles. The lowest BCUT2D eigenvalue weighted by Crippen LogP contribution is -2.02. The zero-order chi connectivity index (χ0) is 20.5. The number of nitrogens with one attached hydrogen (secondary N) is 3. The van der Waals surface area contributed by atoms with Gasteiger partial charge in [-0.05, 0) is 24.6 Å². The second-order valence-electron chi connectivity index (χ2n) is 6.90. The van der Waals surface area contributed by atoms with Gasteiger partial charge in [0.15, 0.2) is 5.82 Å². The normalized spacial score (nSPS) is 11.1. The molecular formula is C22H18FN7. The molecule has 148 valence electrons. The van der Waals surface area contributed by atoms with Gasteiger partial charge in [-0.25, -0.2) is 19.3 Å². The number of hydrogen-bond donors (Lipinski definition) is 3. The maximum Gasteiger partial charge on any atom is 0.229 e. The molecule has 0 fully saturated rings. The number of nitrogens with zero attached hydrogens (tertiary/aromatic N) is 4. The zero-order valence-electron chi connectivity index (χ0n) is 16.1. The highest BCUT2D eigenvalue weighted by molar-refractivity contribution is 5.91. The van der Waals surface area contributed by atoms with E-state index in [1.165, 1.54) is 0 Å². The van der Waals surface area contributed by atoms with Gasteiger partial charge in [0.1, 0.15) is 12.5 Å². The predicted molar refractivity (Wildman–Crippen MR) is 114 cm³/mol. The zero-order valence-corrected chi connectivity index (χ0v) is 16.1. The third-order valence-corrected chi connectivity index (χ3v) is 4.86. The van der Waals surface area contributed by atoms with Crippen LogP contribution in [0.3, 0.4) is 0 Å². The van der Waals surface area contributed by atoms with Crippen LogP contribution in [0.5, 0.6) is 0 Å². The van der Waals surface area contributed by atoms with Crippen LogP contribution in [-0.4, -0.2) is 30.1 Å². The van der Waals surface area contributed by atoms with Crippen LogP contribution >= 0.6 is 0 Å². The van der Waals surface area contributed by atoms with E-state index in [1.54, 1.807) is 18.5 Å². The Hall–Kier alpha value is -4.07. The van der Waals surface area contributed by atoms with Gasteiger partial charge in [-0.3, -0.25) is 5.10 Å². The molecule has 2 aromatic carbocycles. The molecule has 0 spiro atoms. The molecule has 8 heteroatoms. The molecule has 0 bridgehead atoms. The summed E-state index contributed by atoms with van der Waals surface area (Å²) in [6, 6.07) is 15.1. The molecule has 7 nitrogen and oxygen atoms in total. The fraction of sp³-hybridized carbons (Fsp3) is 0.0909. The molecule has 3 aromatic heterocycles. The van der Waals surface area contributed by atoms with E-state index in [0.717, 1.165) is 16.6 Å².